The second kappa shape index (κ2) is 7.23. The van der Waals surface area contributed by atoms with Crippen molar-refractivity contribution in [2.24, 2.45) is 28.6 Å². The molecule has 0 aromatic heterocycles. The third-order valence-corrected chi connectivity index (χ3v) is 12.2. The molecule has 2 saturated heterocycles. The lowest BCUT2D eigenvalue weighted by Gasteiger charge is -2.71. The smallest absolute Gasteiger partial charge is 0.303 e. The number of hydrogen-bond acceptors (Lipinski definition) is 9. The van der Waals surface area contributed by atoms with Gasteiger partial charge in [-0.05, 0) is 31.2 Å². The van der Waals surface area contributed by atoms with Crippen LogP contribution in [0.15, 0.2) is 0 Å². The van der Waals surface area contributed by atoms with Gasteiger partial charge in [0, 0.05) is 59.0 Å². The van der Waals surface area contributed by atoms with E-state index in [-0.39, 0.29) is 60.3 Å². The summed E-state index contributed by atoms with van der Waals surface area (Å²) in [6.45, 7) is 7.72. The van der Waals surface area contributed by atoms with Crippen molar-refractivity contribution < 1.29 is 38.3 Å². The normalized spacial score (nSPS) is 60.2. The molecule has 0 amide bonds. The van der Waals surface area contributed by atoms with Crippen LogP contribution in [0.3, 0.4) is 0 Å². The minimum Gasteiger partial charge on any atom is -0.459 e. The zero-order valence-corrected chi connectivity index (χ0v) is 22.3. The van der Waals surface area contributed by atoms with Crippen molar-refractivity contribution in [3.05, 3.63) is 0 Å². The minimum atomic E-state index is -1.16. The lowest BCUT2D eigenvalue weighted by molar-refractivity contribution is -0.332. The fraction of sp³-hybridized carbons (Fsp3) is 0.963. The molecular weight excluding hydrogens is 466 g/mol. The molecule has 2 aliphatic heterocycles. The number of carbonyl (C=O) groups excluding carboxylic acids is 1. The van der Waals surface area contributed by atoms with Crippen molar-refractivity contribution in [1.29, 1.82) is 0 Å². The summed E-state index contributed by atoms with van der Waals surface area (Å²) in [6, 6.07) is -0.224. The fourth-order valence-corrected chi connectivity index (χ4v) is 11.7. The number of hydrogen-bond donors (Lipinski definition) is 1. The molecule has 0 aromatic carbocycles. The highest BCUT2D eigenvalue weighted by molar-refractivity contribution is 5.67. The Hall–Kier alpha value is -0.810. The van der Waals surface area contributed by atoms with E-state index in [0.29, 0.717) is 12.8 Å². The van der Waals surface area contributed by atoms with E-state index >= 15 is 0 Å². The number of ether oxygens (including phenoxy) is 6. The van der Waals surface area contributed by atoms with Gasteiger partial charge in [0.2, 0.25) is 0 Å². The molecule has 13 atom stereocenters. The summed E-state index contributed by atoms with van der Waals surface area (Å²) in [5.74, 6) is -0.771. The molecule has 5 saturated carbocycles. The van der Waals surface area contributed by atoms with Crippen LogP contribution in [0, 0.1) is 28.6 Å². The molecule has 3 spiro atoms. The van der Waals surface area contributed by atoms with Gasteiger partial charge in [-0.2, -0.15) is 0 Å². The van der Waals surface area contributed by atoms with E-state index in [2.05, 4.69) is 18.7 Å². The second-order valence-corrected chi connectivity index (χ2v) is 12.9. The summed E-state index contributed by atoms with van der Waals surface area (Å²) >= 11 is 0. The fourth-order valence-electron chi connectivity index (χ4n) is 11.7. The summed E-state index contributed by atoms with van der Waals surface area (Å²) in [4.78, 5) is 15.3. The first kappa shape index (κ1) is 24.2. The Morgan fingerprint density at radius 3 is 2.53 bits per heavy atom. The largest absolute Gasteiger partial charge is 0.459 e. The van der Waals surface area contributed by atoms with Gasteiger partial charge in [-0.1, -0.05) is 13.8 Å². The zero-order chi connectivity index (χ0) is 25.5. The first-order chi connectivity index (χ1) is 17.2. The predicted molar refractivity (Wildman–Crippen MR) is 126 cm³/mol. The molecule has 2 heterocycles. The van der Waals surface area contributed by atoms with Crippen LogP contribution in [0.1, 0.15) is 46.5 Å². The van der Waals surface area contributed by atoms with Crippen LogP contribution in [-0.4, -0.2) is 104 Å². The maximum Gasteiger partial charge on any atom is 0.303 e. The molecule has 0 unspecified atom stereocenters. The number of likely N-dealkylation sites (tertiary alicyclic amines) is 1. The van der Waals surface area contributed by atoms with Crippen LogP contribution in [0.2, 0.25) is 0 Å². The summed E-state index contributed by atoms with van der Waals surface area (Å²) in [5, 5.41) is 13.4. The van der Waals surface area contributed by atoms with Crippen molar-refractivity contribution in [1.82, 2.24) is 4.90 Å². The van der Waals surface area contributed by atoms with Gasteiger partial charge < -0.3 is 33.5 Å². The molecule has 7 rings (SSSR count). The Morgan fingerprint density at radius 2 is 1.89 bits per heavy atom. The third kappa shape index (κ3) is 2.16. The standard InChI is InChI=1S/C27H41NO8/c1-7-28-12-23(3)9-8-17(32-5)26-20(23)21(36-14(2)29)27(22(26)28)25(34-13-35-27)11-16(31-4)15-10-24(26,30)19(25)18(15)33-6/h15-22,30H,7-13H2,1-6H3/t15-,16+,17-,18+,19+,20-,21+,22+,23+,24+,25-,26-,27-/m1/s1. The van der Waals surface area contributed by atoms with Crippen molar-refractivity contribution in [3.63, 3.8) is 0 Å². The summed E-state index contributed by atoms with van der Waals surface area (Å²) in [5.41, 5.74) is -3.94. The summed E-state index contributed by atoms with van der Waals surface area (Å²) in [6.07, 6.45) is 1.69. The average Bonchev–Trinajstić information content (AvgIpc) is 3.40. The Labute approximate surface area is 213 Å². The number of likely N-dealkylation sites (N-methyl/N-ethyl adjacent to an activating group) is 1. The van der Waals surface area contributed by atoms with E-state index in [9.17, 15) is 9.90 Å². The molecule has 9 nitrogen and oxygen atoms in total. The summed E-state index contributed by atoms with van der Waals surface area (Å²) in [7, 11) is 5.23. The Morgan fingerprint density at radius 1 is 1.11 bits per heavy atom. The minimum absolute atomic E-state index is 0.0317. The molecule has 9 heteroatoms. The second-order valence-electron chi connectivity index (χ2n) is 12.9. The Bertz CT molecular complexity index is 979. The zero-order valence-electron chi connectivity index (χ0n) is 22.3. The van der Waals surface area contributed by atoms with E-state index in [0.717, 1.165) is 25.9 Å². The molecule has 0 aromatic rings. The van der Waals surface area contributed by atoms with Crippen molar-refractivity contribution in [2.75, 3.05) is 41.2 Å². The number of nitrogens with zero attached hydrogens (tertiary/aromatic N) is 1. The number of fused-ring (bicyclic) bond motifs is 1. The van der Waals surface area contributed by atoms with Gasteiger partial charge in [-0.25, -0.2) is 0 Å². The van der Waals surface area contributed by atoms with Gasteiger partial charge in [0.05, 0.1) is 35.4 Å². The molecule has 7 aliphatic rings. The van der Waals surface area contributed by atoms with Crippen LogP contribution in [0.5, 0.6) is 0 Å². The molecule has 7 fully saturated rings. The number of methoxy groups -OCH3 is 3. The lowest BCUT2D eigenvalue weighted by atomic mass is 9.41. The molecule has 0 radical (unpaired) electrons. The topological polar surface area (TPSA) is 95.9 Å². The molecule has 5 aliphatic carbocycles. The monoisotopic (exact) mass is 507 g/mol. The first-order valence-electron chi connectivity index (χ1n) is 13.7. The highest BCUT2D eigenvalue weighted by atomic mass is 16.7. The quantitative estimate of drug-likeness (QED) is 0.553. The number of esters is 1. The number of rotatable bonds is 5. The first-order valence-corrected chi connectivity index (χ1v) is 13.7. The molecule has 1 N–H and O–H groups in total. The molecule has 202 valence electrons. The average molecular weight is 508 g/mol. The van der Waals surface area contributed by atoms with Crippen LogP contribution >= 0.6 is 0 Å². The van der Waals surface area contributed by atoms with E-state index in [4.69, 9.17) is 28.4 Å². The van der Waals surface area contributed by atoms with Crippen molar-refractivity contribution in [3.8, 4) is 0 Å². The predicted octanol–water partition coefficient (Wildman–Crippen LogP) is 1.35. The van der Waals surface area contributed by atoms with Crippen LogP contribution in [0.4, 0.5) is 0 Å². The van der Waals surface area contributed by atoms with Gasteiger partial charge in [-0.3, -0.25) is 9.69 Å². The van der Waals surface area contributed by atoms with Gasteiger partial charge >= 0.3 is 5.97 Å². The Kier molecular flexibility index (Phi) is 4.87. The van der Waals surface area contributed by atoms with E-state index < -0.39 is 28.3 Å². The van der Waals surface area contributed by atoms with Crippen molar-refractivity contribution in [2.45, 2.75) is 93.7 Å². The maximum absolute atomic E-state index is 13.4. The summed E-state index contributed by atoms with van der Waals surface area (Å²) < 4.78 is 38.7. The van der Waals surface area contributed by atoms with Crippen LogP contribution in [-0.2, 0) is 33.2 Å². The molecular formula is C27H41NO8. The van der Waals surface area contributed by atoms with E-state index in [1.54, 1.807) is 21.3 Å². The Balaban J connectivity index is 1.61. The SMILES string of the molecule is CCN1C[C@]2(C)CC[C@@H](OC)[C@]34[C@@H]2[C@H](OC(C)=O)[C@@]2(OCO[C@@]25C[C@H](OC)[C@H]2C[C@]3(O)[C@@H]5[C@H]2OC)[C@@H]14. The number of carbonyl (C=O) groups is 1. The van der Waals surface area contributed by atoms with Crippen molar-refractivity contribution >= 4 is 5.97 Å². The highest BCUT2D eigenvalue weighted by Gasteiger charge is 2.97. The van der Waals surface area contributed by atoms with Gasteiger partial charge in [0.15, 0.2) is 5.60 Å². The maximum atomic E-state index is 13.4. The van der Waals surface area contributed by atoms with Gasteiger partial charge in [0.25, 0.3) is 0 Å². The van der Waals surface area contributed by atoms with Crippen LogP contribution < -0.4 is 0 Å². The van der Waals surface area contributed by atoms with E-state index in [1.807, 2.05) is 0 Å². The van der Waals surface area contributed by atoms with Crippen LogP contribution in [0.25, 0.3) is 0 Å². The van der Waals surface area contributed by atoms with Gasteiger partial charge in [0.1, 0.15) is 18.5 Å². The number of aliphatic hydroxyl groups is 1. The molecule has 36 heavy (non-hydrogen) atoms. The molecule has 7 bridgehead atoms. The number of piperidine rings is 1. The highest BCUT2D eigenvalue weighted by Crippen LogP contribution is 2.83. The van der Waals surface area contributed by atoms with E-state index in [1.165, 1.54) is 6.92 Å². The third-order valence-electron chi connectivity index (χ3n) is 12.2. The lowest BCUT2D eigenvalue weighted by Crippen LogP contribution is -2.85. The van der Waals surface area contributed by atoms with Gasteiger partial charge in [-0.15, -0.1) is 0 Å².